The van der Waals surface area contributed by atoms with E-state index in [2.05, 4.69) is 22.9 Å². The maximum atomic E-state index is 13.3. The number of halogens is 2. The van der Waals surface area contributed by atoms with Gasteiger partial charge in [-0.3, -0.25) is 0 Å². The Labute approximate surface area is 126 Å². The highest BCUT2D eigenvalue weighted by atomic mass is 79.9. The van der Waals surface area contributed by atoms with E-state index in [4.69, 9.17) is 10.5 Å². The first-order valence-electron chi connectivity index (χ1n) is 6.61. The van der Waals surface area contributed by atoms with E-state index in [1.54, 1.807) is 0 Å². The summed E-state index contributed by atoms with van der Waals surface area (Å²) in [6.45, 7) is 2.17. The fourth-order valence-corrected chi connectivity index (χ4v) is 2.19. The highest BCUT2D eigenvalue weighted by molar-refractivity contribution is 9.10. The van der Waals surface area contributed by atoms with Gasteiger partial charge in [-0.2, -0.15) is 0 Å². The van der Waals surface area contributed by atoms with Crippen LogP contribution in [0.1, 0.15) is 25.3 Å². The first-order chi connectivity index (χ1) is 9.60. The number of hydrogen-bond donors (Lipinski definition) is 1. The lowest BCUT2D eigenvalue weighted by Gasteiger charge is -2.10. The van der Waals surface area contributed by atoms with Crippen LogP contribution in [0, 0.1) is 5.82 Å². The van der Waals surface area contributed by atoms with E-state index in [0.717, 1.165) is 6.42 Å². The molecule has 2 rings (SSSR count). The van der Waals surface area contributed by atoms with Gasteiger partial charge in [-0.1, -0.05) is 25.5 Å². The first-order valence-corrected chi connectivity index (χ1v) is 7.40. The molecule has 4 heteroatoms. The minimum atomic E-state index is -0.398. The van der Waals surface area contributed by atoms with Crippen molar-refractivity contribution >= 4 is 21.6 Å². The summed E-state index contributed by atoms with van der Waals surface area (Å²) in [5.41, 5.74) is 7.31. The van der Waals surface area contributed by atoms with Gasteiger partial charge >= 0.3 is 0 Å². The van der Waals surface area contributed by atoms with Crippen LogP contribution in [0.5, 0.6) is 11.5 Å². The van der Waals surface area contributed by atoms with Crippen LogP contribution in [0.15, 0.2) is 40.9 Å². The Balaban J connectivity index is 2.12. The van der Waals surface area contributed by atoms with Gasteiger partial charge in [0.2, 0.25) is 0 Å². The molecule has 0 spiro atoms. The second-order valence-corrected chi connectivity index (χ2v) is 5.51. The second-order valence-electron chi connectivity index (χ2n) is 4.65. The molecule has 0 unspecified atom stereocenters. The Hall–Kier alpha value is -1.55. The smallest absolute Gasteiger partial charge is 0.151 e. The molecule has 0 fully saturated rings. The van der Waals surface area contributed by atoms with Gasteiger partial charge in [0.05, 0.1) is 10.2 Å². The predicted molar refractivity (Wildman–Crippen MR) is 83.6 cm³/mol. The lowest BCUT2D eigenvalue weighted by molar-refractivity contribution is 0.482. The van der Waals surface area contributed by atoms with Crippen LogP contribution < -0.4 is 10.5 Å². The summed E-state index contributed by atoms with van der Waals surface area (Å²) >= 11 is 3.12. The number of aryl methyl sites for hydroxylation is 1. The minimum Gasteiger partial charge on any atom is -0.455 e. The van der Waals surface area contributed by atoms with Crippen molar-refractivity contribution in [1.82, 2.24) is 0 Å². The molecule has 0 aliphatic carbocycles. The fourth-order valence-electron chi connectivity index (χ4n) is 1.86. The van der Waals surface area contributed by atoms with Crippen molar-refractivity contribution < 1.29 is 9.13 Å². The topological polar surface area (TPSA) is 35.2 Å². The van der Waals surface area contributed by atoms with Gasteiger partial charge in [-0.15, -0.1) is 0 Å². The van der Waals surface area contributed by atoms with Gasteiger partial charge in [0.25, 0.3) is 0 Å². The zero-order valence-electron chi connectivity index (χ0n) is 11.3. The third-order valence-electron chi connectivity index (χ3n) is 3.02. The SMILES string of the molecule is CCCCc1ccc(Oc2cc(Br)c(F)cc2N)cc1. The van der Waals surface area contributed by atoms with Gasteiger partial charge in [0.1, 0.15) is 11.6 Å². The molecule has 0 radical (unpaired) electrons. The van der Waals surface area contributed by atoms with Gasteiger partial charge in [-0.05, 0) is 46.5 Å². The summed E-state index contributed by atoms with van der Waals surface area (Å²) in [7, 11) is 0. The van der Waals surface area contributed by atoms with Crippen molar-refractivity contribution in [3.63, 3.8) is 0 Å². The number of nitrogen functional groups attached to an aromatic ring is 1. The summed E-state index contributed by atoms with van der Waals surface area (Å²) in [6, 6.07) is 10.7. The zero-order valence-corrected chi connectivity index (χ0v) is 12.9. The van der Waals surface area contributed by atoms with Gasteiger partial charge in [-0.25, -0.2) is 4.39 Å². The molecule has 0 amide bonds. The Bertz CT molecular complexity index is 584. The molecule has 0 saturated heterocycles. The minimum absolute atomic E-state index is 0.278. The lowest BCUT2D eigenvalue weighted by atomic mass is 10.1. The number of rotatable bonds is 5. The monoisotopic (exact) mass is 337 g/mol. The number of benzene rings is 2. The molecule has 20 heavy (non-hydrogen) atoms. The number of nitrogens with two attached hydrogens (primary N) is 1. The third kappa shape index (κ3) is 3.73. The molecule has 0 heterocycles. The number of anilines is 1. The van der Waals surface area contributed by atoms with Gasteiger partial charge < -0.3 is 10.5 Å². The summed E-state index contributed by atoms with van der Waals surface area (Å²) < 4.78 is 19.3. The third-order valence-corrected chi connectivity index (χ3v) is 3.63. The van der Waals surface area contributed by atoms with Crippen LogP contribution in [0.4, 0.5) is 10.1 Å². The van der Waals surface area contributed by atoms with E-state index in [1.165, 1.54) is 30.5 Å². The van der Waals surface area contributed by atoms with Crippen molar-refractivity contribution in [2.75, 3.05) is 5.73 Å². The Morgan fingerprint density at radius 2 is 1.90 bits per heavy atom. The van der Waals surface area contributed by atoms with Crippen LogP contribution in [-0.4, -0.2) is 0 Å². The predicted octanol–water partition coefficient (Wildman–Crippen LogP) is 5.31. The fraction of sp³-hybridized carbons (Fsp3) is 0.250. The Morgan fingerprint density at radius 1 is 1.20 bits per heavy atom. The van der Waals surface area contributed by atoms with E-state index in [1.807, 2.05) is 24.3 Å². The molecular formula is C16H17BrFNO. The molecule has 106 valence electrons. The molecule has 2 aromatic rings. The highest BCUT2D eigenvalue weighted by Gasteiger charge is 2.08. The first kappa shape index (κ1) is 14.9. The number of unbranched alkanes of at least 4 members (excludes halogenated alkanes) is 1. The van der Waals surface area contributed by atoms with Gasteiger partial charge in [0.15, 0.2) is 5.75 Å². The van der Waals surface area contributed by atoms with Crippen molar-refractivity contribution in [2.24, 2.45) is 0 Å². The molecular weight excluding hydrogens is 321 g/mol. The van der Waals surface area contributed by atoms with Crippen molar-refractivity contribution in [1.29, 1.82) is 0 Å². The number of ether oxygens (including phenoxy) is 1. The Kier molecular flexibility index (Phi) is 5.01. The summed E-state index contributed by atoms with van der Waals surface area (Å²) in [5.74, 6) is 0.736. The normalized spacial score (nSPS) is 10.6. The molecule has 0 aromatic heterocycles. The summed E-state index contributed by atoms with van der Waals surface area (Å²) in [4.78, 5) is 0. The van der Waals surface area contributed by atoms with Crippen LogP contribution in [-0.2, 0) is 6.42 Å². The molecule has 2 aromatic carbocycles. The van der Waals surface area contributed by atoms with Crippen LogP contribution >= 0.6 is 15.9 Å². The zero-order chi connectivity index (χ0) is 14.5. The standard InChI is InChI=1S/C16H17BrFNO/c1-2-3-4-11-5-7-12(8-6-11)20-16-9-13(17)14(18)10-15(16)19/h5-10H,2-4,19H2,1H3. The lowest BCUT2D eigenvalue weighted by Crippen LogP contribution is -1.94. The molecule has 0 atom stereocenters. The van der Waals surface area contributed by atoms with Crippen LogP contribution in [0.3, 0.4) is 0 Å². The average Bonchev–Trinajstić information content (AvgIpc) is 2.44. The molecule has 0 bridgehead atoms. The highest BCUT2D eigenvalue weighted by Crippen LogP contribution is 2.32. The second kappa shape index (κ2) is 6.75. The van der Waals surface area contributed by atoms with Gasteiger partial charge in [0, 0.05) is 12.1 Å². The van der Waals surface area contributed by atoms with Crippen molar-refractivity contribution in [3.8, 4) is 11.5 Å². The molecule has 2 N–H and O–H groups in total. The quantitative estimate of drug-likeness (QED) is 0.750. The molecule has 2 nitrogen and oxygen atoms in total. The molecule has 0 aliphatic rings. The molecule has 0 saturated carbocycles. The van der Waals surface area contributed by atoms with Crippen LogP contribution in [0.2, 0.25) is 0 Å². The average molecular weight is 338 g/mol. The summed E-state index contributed by atoms with van der Waals surface area (Å²) in [6.07, 6.45) is 3.43. The Morgan fingerprint density at radius 3 is 2.55 bits per heavy atom. The van der Waals surface area contributed by atoms with E-state index < -0.39 is 5.82 Å². The number of hydrogen-bond acceptors (Lipinski definition) is 2. The van der Waals surface area contributed by atoms with E-state index >= 15 is 0 Å². The summed E-state index contributed by atoms with van der Waals surface area (Å²) in [5, 5.41) is 0. The maximum absolute atomic E-state index is 13.3. The van der Waals surface area contributed by atoms with Crippen molar-refractivity contribution in [2.45, 2.75) is 26.2 Å². The molecule has 0 aliphatic heterocycles. The van der Waals surface area contributed by atoms with Crippen molar-refractivity contribution in [3.05, 3.63) is 52.3 Å². The van der Waals surface area contributed by atoms with E-state index in [0.29, 0.717) is 16.0 Å². The van der Waals surface area contributed by atoms with E-state index in [9.17, 15) is 4.39 Å². The van der Waals surface area contributed by atoms with E-state index in [-0.39, 0.29) is 5.69 Å². The largest absolute Gasteiger partial charge is 0.455 e. The van der Waals surface area contributed by atoms with Crippen LogP contribution in [0.25, 0.3) is 0 Å². The maximum Gasteiger partial charge on any atom is 0.151 e.